The van der Waals surface area contributed by atoms with Crippen molar-refractivity contribution in [3.63, 3.8) is 0 Å². The zero-order valence-electron chi connectivity index (χ0n) is 13.7. The third-order valence-corrected chi connectivity index (χ3v) is 4.34. The van der Waals surface area contributed by atoms with Gasteiger partial charge in [-0.3, -0.25) is 0 Å². The number of anilines is 1. The standard InChI is InChI=1S/C19H19N3O3/c23-12-13-2-1-3-14(10-13)18-20-17-5-4-15(24)11-16(17)19(21-18)22-6-8-25-9-7-22/h1-5,10-11,23-24H,6-9,12H2. The van der Waals surface area contributed by atoms with Crippen LogP contribution in [0.15, 0.2) is 42.5 Å². The molecule has 6 heteroatoms. The van der Waals surface area contributed by atoms with Gasteiger partial charge in [0.2, 0.25) is 0 Å². The van der Waals surface area contributed by atoms with Crippen LogP contribution in [0, 0.1) is 0 Å². The Labute approximate surface area is 145 Å². The highest BCUT2D eigenvalue weighted by Gasteiger charge is 2.18. The molecule has 1 saturated heterocycles. The number of fused-ring (bicyclic) bond motifs is 1. The molecule has 2 N–H and O–H groups in total. The van der Waals surface area contributed by atoms with Crippen molar-refractivity contribution in [3.05, 3.63) is 48.0 Å². The molecule has 1 fully saturated rings. The predicted octanol–water partition coefficient (Wildman–Crippen LogP) is 2.33. The van der Waals surface area contributed by atoms with Crippen LogP contribution in [-0.4, -0.2) is 46.5 Å². The molecule has 0 atom stereocenters. The summed E-state index contributed by atoms with van der Waals surface area (Å²) in [5, 5.41) is 20.1. The first-order valence-electron chi connectivity index (χ1n) is 8.28. The van der Waals surface area contributed by atoms with E-state index in [0.717, 1.165) is 40.9 Å². The molecule has 25 heavy (non-hydrogen) atoms. The lowest BCUT2D eigenvalue weighted by molar-refractivity contribution is 0.122. The minimum absolute atomic E-state index is 0.0222. The summed E-state index contributed by atoms with van der Waals surface area (Å²) in [7, 11) is 0. The molecular weight excluding hydrogens is 318 g/mol. The van der Waals surface area contributed by atoms with Crippen molar-refractivity contribution in [1.82, 2.24) is 9.97 Å². The van der Waals surface area contributed by atoms with Gasteiger partial charge < -0.3 is 19.8 Å². The van der Waals surface area contributed by atoms with E-state index in [0.29, 0.717) is 19.0 Å². The van der Waals surface area contributed by atoms with Gasteiger partial charge in [-0.25, -0.2) is 9.97 Å². The minimum Gasteiger partial charge on any atom is -0.508 e. The molecule has 0 amide bonds. The number of nitrogens with zero attached hydrogens (tertiary/aromatic N) is 3. The first-order chi connectivity index (χ1) is 12.2. The molecule has 3 aromatic rings. The highest BCUT2D eigenvalue weighted by Crippen LogP contribution is 2.30. The van der Waals surface area contributed by atoms with E-state index in [-0.39, 0.29) is 12.4 Å². The first-order valence-corrected chi connectivity index (χ1v) is 8.28. The van der Waals surface area contributed by atoms with Gasteiger partial charge in [0.25, 0.3) is 0 Å². The summed E-state index contributed by atoms with van der Waals surface area (Å²) in [6.45, 7) is 2.78. The van der Waals surface area contributed by atoms with Crippen molar-refractivity contribution < 1.29 is 14.9 Å². The van der Waals surface area contributed by atoms with E-state index in [1.165, 1.54) is 0 Å². The fourth-order valence-corrected chi connectivity index (χ4v) is 3.05. The van der Waals surface area contributed by atoms with E-state index in [2.05, 4.69) is 9.88 Å². The maximum Gasteiger partial charge on any atom is 0.162 e. The van der Waals surface area contributed by atoms with Crippen molar-refractivity contribution >= 4 is 16.7 Å². The van der Waals surface area contributed by atoms with E-state index in [9.17, 15) is 10.2 Å². The Balaban J connectivity index is 1.89. The number of ether oxygens (including phenoxy) is 1. The molecule has 1 aliphatic rings. The second-order valence-corrected chi connectivity index (χ2v) is 6.03. The van der Waals surface area contributed by atoms with Gasteiger partial charge in [0.05, 0.1) is 25.3 Å². The minimum atomic E-state index is -0.0222. The Morgan fingerprint density at radius 3 is 2.68 bits per heavy atom. The number of aromatic nitrogens is 2. The number of morpholine rings is 1. The predicted molar refractivity (Wildman–Crippen MR) is 95.6 cm³/mol. The number of aliphatic hydroxyl groups is 1. The highest BCUT2D eigenvalue weighted by molar-refractivity contribution is 5.92. The van der Waals surface area contributed by atoms with Crippen molar-refractivity contribution in [1.29, 1.82) is 0 Å². The average Bonchev–Trinajstić information content (AvgIpc) is 2.68. The quantitative estimate of drug-likeness (QED) is 0.764. The Morgan fingerprint density at radius 1 is 1.04 bits per heavy atom. The second-order valence-electron chi connectivity index (χ2n) is 6.03. The summed E-state index contributed by atoms with van der Waals surface area (Å²) in [6.07, 6.45) is 0. The number of phenols is 1. The number of benzene rings is 2. The lowest BCUT2D eigenvalue weighted by atomic mass is 10.1. The summed E-state index contributed by atoms with van der Waals surface area (Å²) < 4.78 is 5.44. The van der Waals surface area contributed by atoms with Crippen LogP contribution in [0.2, 0.25) is 0 Å². The molecule has 4 rings (SSSR count). The number of phenolic OH excluding ortho intramolecular Hbond substituents is 1. The Morgan fingerprint density at radius 2 is 1.88 bits per heavy atom. The number of aromatic hydroxyl groups is 1. The van der Waals surface area contributed by atoms with E-state index in [4.69, 9.17) is 9.72 Å². The average molecular weight is 337 g/mol. The fraction of sp³-hybridized carbons (Fsp3) is 0.263. The van der Waals surface area contributed by atoms with E-state index in [1.54, 1.807) is 18.2 Å². The van der Waals surface area contributed by atoms with Crippen molar-refractivity contribution in [2.24, 2.45) is 0 Å². The smallest absolute Gasteiger partial charge is 0.162 e. The molecule has 128 valence electrons. The van der Waals surface area contributed by atoms with Crippen LogP contribution in [-0.2, 0) is 11.3 Å². The normalized spacial score (nSPS) is 14.8. The van der Waals surface area contributed by atoms with Gasteiger partial charge in [-0.05, 0) is 29.8 Å². The maximum absolute atomic E-state index is 9.88. The zero-order valence-corrected chi connectivity index (χ0v) is 13.7. The van der Waals surface area contributed by atoms with Crippen molar-refractivity contribution in [3.8, 4) is 17.1 Å². The molecule has 1 aromatic heterocycles. The lowest BCUT2D eigenvalue weighted by Gasteiger charge is -2.29. The van der Waals surface area contributed by atoms with Gasteiger partial charge in [-0.15, -0.1) is 0 Å². The summed E-state index contributed by atoms with van der Waals surface area (Å²) in [4.78, 5) is 11.6. The molecule has 0 bridgehead atoms. The topological polar surface area (TPSA) is 78.7 Å². The summed E-state index contributed by atoms with van der Waals surface area (Å²) >= 11 is 0. The Bertz CT molecular complexity index is 908. The summed E-state index contributed by atoms with van der Waals surface area (Å²) in [5.41, 5.74) is 2.45. The van der Waals surface area contributed by atoms with Crippen molar-refractivity contribution in [2.45, 2.75) is 6.61 Å². The number of hydrogen-bond donors (Lipinski definition) is 2. The SMILES string of the molecule is OCc1cccc(-c2nc(N3CCOCC3)c3cc(O)ccc3n2)c1. The van der Waals surface area contributed by atoms with E-state index < -0.39 is 0 Å². The molecule has 0 unspecified atom stereocenters. The van der Waals surface area contributed by atoms with Gasteiger partial charge in [0.1, 0.15) is 11.6 Å². The Kier molecular flexibility index (Phi) is 4.21. The van der Waals surface area contributed by atoms with Gasteiger partial charge in [-0.1, -0.05) is 18.2 Å². The number of aliphatic hydroxyl groups excluding tert-OH is 1. The fourth-order valence-electron chi connectivity index (χ4n) is 3.05. The molecule has 2 aromatic carbocycles. The highest BCUT2D eigenvalue weighted by atomic mass is 16.5. The molecule has 0 radical (unpaired) electrons. The molecule has 6 nitrogen and oxygen atoms in total. The monoisotopic (exact) mass is 337 g/mol. The van der Waals surface area contributed by atoms with Crippen LogP contribution in [0.1, 0.15) is 5.56 Å². The van der Waals surface area contributed by atoms with Gasteiger partial charge >= 0.3 is 0 Å². The molecule has 0 spiro atoms. The second kappa shape index (κ2) is 6.66. The van der Waals surface area contributed by atoms with Crippen LogP contribution in [0.25, 0.3) is 22.3 Å². The number of rotatable bonds is 3. The van der Waals surface area contributed by atoms with Crippen LogP contribution < -0.4 is 4.90 Å². The van der Waals surface area contributed by atoms with E-state index in [1.807, 2.05) is 24.3 Å². The van der Waals surface area contributed by atoms with E-state index >= 15 is 0 Å². The van der Waals surface area contributed by atoms with Gasteiger partial charge in [-0.2, -0.15) is 0 Å². The molecule has 0 aliphatic carbocycles. The van der Waals surface area contributed by atoms with Crippen LogP contribution in [0.3, 0.4) is 0 Å². The van der Waals surface area contributed by atoms with Gasteiger partial charge in [0, 0.05) is 24.0 Å². The van der Waals surface area contributed by atoms with Crippen LogP contribution in [0.5, 0.6) is 5.75 Å². The maximum atomic E-state index is 9.88. The van der Waals surface area contributed by atoms with Crippen LogP contribution >= 0.6 is 0 Å². The molecule has 0 saturated carbocycles. The Hall–Kier alpha value is -2.70. The number of hydrogen-bond acceptors (Lipinski definition) is 6. The molecular formula is C19H19N3O3. The summed E-state index contributed by atoms with van der Waals surface area (Å²) in [6, 6.07) is 12.7. The van der Waals surface area contributed by atoms with Crippen molar-refractivity contribution in [2.75, 3.05) is 31.2 Å². The lowest BCUT2D eigenvalue weighted by Crippen LogP contribution is -2.37. The third kappa shape index (κ3) is 3.14. The largest absolute Gasteiger partial charge is 0.508 e. The zero-order chi connectivity index (χ0) is 17.2. The summed E-state index contributed by atoms with van der Waals surface area (Å²) in [5.74, 6) is 1.60. The van der Waals surface area contributed by atoms with Gasteiger partial charge in [0.15, 0.2) is 5.82 Å². The molecule has 2 heterocycles. The third-order valence-electron chi connectivity index (χ3n) is 4.34. The molecule has 1 aliphatic heterocycles. The van der Waals surface area contributed by atoms with Crippen LogP contribution in [0.4, 0.5) is 5.82 Å². The first kappa shape index (κ1) is 15.8.